The van der Waals surface area contributed by atoms with Crippen LogP contribution in [0, 0.1) is 5.92 Å². The van der Waals surface area contributed by atoms with Gasteiger partial charge in [-0.3, -0.25) is 9.79 Å². The third-order valence-corrected chi connectivity index (χ3v) is 5.23. The van der Waals surface area contributed by atoms with Crippen LogP contribution in [0.3, 0.4) is 0 Å². The Morgan fingerprint density at radius 2 is 2.04 bits per heavy atom. The van der Waals surface area contributed by atoms with Crippen molar-refractivity contribution in [3.05, 3.63) is 59.2 Å². The summed E-state index contributed by atoms with van der Waals surface area (Å²) in [5.74, 6) is 1.01. The van der Waals surface area contributed by atoms with E-state index in [1.54, 1.807) is 7.11 Å². The lowest BCUT2D eigenvalue weighted by Gasteiger charge is -2.21. The van der Waals surface area contributed by atoms with Gasteiger partial charge in [0.25, 0.3) is 0 Å². The largest absolute Gasteiger partial charge is 0.497 e. The number of benzene rings is 2. The molecule has 0 fully saturated rings. The molecule has 2 aliphatic rings. The fraction of sp³-hybridized carbons (Fsp3) is 0.364. The van der Waals surface area contributed by atoms with E-state index >= 15 is 0 Å². The molecule has 5 nitrogen and oxygen atoms in total. The van der Waals surface area contributed by atoms with Crippen molar-refractivity contribution in [2.45, 2.75) is 19.3 Å². The van der Waals surface area contributed by atoms with Gasteiger partial charge in [0.2, 0.25) is 0 Å². The van der Waals surface area contributed by atoms with Crippen LogP contribution >= 0.6 is 0 Å². The van der Waals surface area contributed by atoms with Crippen molar-refractivity contribution in [3.8, 4) is 11.5 Å². The molecule has 0 amide bonds. The highest BCUT2D eigenvalue weighted by Crippen LogP contribution is 2.38. The second-order valence-corrected chi connectivity index (χ2v) is 6.76. The Bertz CT molecular complexity index is 872. The van der Waals surface area contributed by atoms with Crippen LogP contribution in [0.5, 0.6) is 11.5 Å². The van der Waals surface area contributed by atoms with E-state index in [0.29, 0.717) is 13.2 Å². The molecule has 0 saturated heterocycles. The smallest absolute Gasteiger partial charge is 0.315 e. The highest BCUT2D eigenvalue weighted by molar-refractivity contribution is 6.13. The molecular formula is C22H23NO4. The standard InChI is InChI=1S/C22H23NO4/c1-3-26-22(24)20-18(16-5-4-14-10-11-27-19(14)12-16)13-23-21(20)15-6-8-17(25-2)9-7-15/h4-9,12,18,20H,3,10-11,13H2,1-2H3. The average Bonchev–Trinajstić information content (AvgIpc) is 3.34. The summed E-state index contributed by atoms with van der Waals surface area (Å²) in [7, 11) is 1.63. The van der Waals surface area contributed by atoms with Gasteiger partial charge in [-0.15, -0.1) is 0 Å². The van der Waals surface area contributed by atoms with Crippen LogP contribution in [0.25, 0.3) is 0 Å². The monoisotopic (exact) mass is 365 g/mol. The minimum Gasteiger partial charge on any atom is -0.497 e. The SMILES string of the molecule is CCOC(=O)C1C(c2ccc(OC)cc2)=NCC1c1ccc2c(c1)OCC2. The molecule has 0 aromatic heterocycles. The normalized spacial score (nSPS) is 20.6. The predicted octanol–water partition coefficient (Wildman–Crippen LogP) is 3.40. The average molecular weight is 365 g/mol. The van der Waals surface area contributed by atoms with Gasteiger partial charge in [0.15, 0.2) is 0 Å². The molecule has 2 aromatic carbocycles. The van der Waals surface area contributed by atoms with Crippen molar-refractivity contribution < 1.29 is 19.0 Å². The highest BCUT2D eigenvalue weighted by Gasteiger charge is 2.40. The molecule has 4 rings (SSSR count). The van der Waals surface area contributed by atoms with E-state index < -0.39 is 5.92 Å². The van der Waals surface area contributed by atoms with Crippen molar-refractivity contribution in [1.29, 1.82) is 0 Å². The van der Waals surface area contributed by atoms with E-state index in [0.717, 1.165) is 41.4 Å². The molecule has 2 atom stereocenters. The number of hydrogen-bond acceptors (Lipinski definition) is 5. The maximum atomic E-state index is 12.8. The first-order chi connectivity index (χ1) is 13.2. The van der Waals surface area contributed by atoms with E-state index in [4.69, 9.17) is 19.2 Å². The van der Waals surface area contributed by atoms with Gasteiger partial charge >= 0.3 is 5.97 Å². The van der Waals surface area contributed by atoms with Crippen LogP contribution in [0.2, 0.25) is 0 Å². The van der Waals surface area contributed by atoms with Crippen molar-refractivity contribution in [2.75, 3.05) is 26.9 Å². The molecule has 140 valence electrons. The zero-order valence-corrected chi connectivity index (χ0v) is 15.6. The second kappa shape index (κ2) is 7.43. The summed E-state index contributed by atoms with van der Waals surface area (Å²) in [5.41, 5.74) is 4.00. The van der Waals surface area contributed by atoms with E-state index in [-0.39, 0.29) is 11.9 Å². The summed E-state index contributed by atoms with van der Waals surface area (Å²) in [6, 6.07) is 13.9. The van der Waals surface area contributed by atoms with Gasteiger partial charge in [-0.25, -0.2) is 0 Å². The molecule has 27 heavy (non-hydrogen) atoms. The number of nitrogens with zero attached hydrogens (tertiary/aromatic N) is 1. The molecule has 0 bridgehead atoms. The molecule has 0 N–H and O–H groups in total. The number of fused-ring (bicyclic) bond motifs is 1. The van der Waals surface area contributed by atoms with Crippen molar-refractivity contribution in [2.24, 2.45) is 10.9 Å². The Morgan fingerprint density at radius 1 is 1.22 bits per heavy atom. The van der Waals surface area contributed by atoms with Gasteiger partial charge in [0, 0.05) is 18.9 Å². The molecule has 0 saturated carbocycles. The molecule has 2 aromatic rings. The topological polar surface area (TPSA) is 57.1 Å². The van der Waals surface area contributed by atoms with Gasteiger partial charge in [0.05, 0.1) is 26.0 Å². The summed E-state index contributed by atoms with van der Waals surface area (Å²) < 4.78 is 16.3. The first-order valence-corrected chi connectivity index (χ1v) is 9.32. The number of carbonyl (C=O) groups is 1. The number of ether oxygens (including phenoxy) is 3. The number of rotatable bonds is 5. The van der Waals surface area contributed by atoms with E-state index in [1.807, 2.05) is 31.2 Å². The van der Waals surface area contributed by atoms with Gasteiger partial charge in [-0.2, -0.15) is 0 Å². The first kappa shape index (κ1) is 17.6. The molecule has 5 heteroatoms. The fourth-order valence-electron chi connectivity index (χ4n) is 3.84. The Labute approximate surface area is 159 Å². The molecule has 2 heterocycles. The predicted molar refractivity (Wildman–Crippen MR) is 103 cm³/mol. The zero-order valence-electron chi connectivity index (χ0n) is 15.6. The molecule has 2 aliphatic heterocycles. The Morgan fingerprint density at radius 3 is 2.78 bits per heavy atom. The second-order valence-electron chi connectivity index (χ2n) is 6.76. The zero-order chi connectivity index (χ0) is 18.8. The van der Waals surface area contributed by atoms with E-state index in [1.165, 1.54) is 5.56 Å². The van der Waals surface area contributed by atoms with Gasteiger partial charge in [-0.05, 0) is 53.9 Å². The Hall–Kier alpha value is -2.82. The number of methoxy groups -OCH3 is 1. The first-order valence-electron chi connectivity index (χ1n) is 9.32. The van der Waals surface area contributed by atoms with E-state index in [2.05, 4.69) is 18.2 Å². The Balaban J connectivity index is 1.67. The molecule has 0 spiro atoms. The number of carbonyl (C=O) groups excluding carboxylic acids is 1. The summed E-state index contributed by atoms with van der Waals surface area (Å²) in [4.78, 5) is 17.5. The van der Waals surface area contributed by atoms with Gasteiger partial charge in [0.1, 0.15) is 17.4 Å². The van der Waals surface area contributed by atoms with Crippen molar-refractivity contribution in [3.63, 3.8) is 0 Å². The lowest BCUT2D eigenvalue weighted by atomic mass is 9.83. The van der Waals surface area contributed by atoms with Crippen LogP contribution in [-0.2, 0) is 16.0 Å². The maximum Gasteiger partial charge on any atom is 0.315 e. The van der Waals surface area contributed by atoms with Crippen LogP contribution in [0.1, 0.15) is 29.5 Å². The third kappa shape index (κ3) is 3.29. The van der Waals surface area contributed by atoms with Crippen LogP contribution in [0.15, 0.2) is 47.5 Å². The van der Waals surface area contributed by atoms with Crippen LogP contribution in [0.4, 0.5) is 0 Å². The quantitative estimate of drug-likeness (QED) is 0.762. The Kier molecular flexibility index (Phi) is 4.84. The van der Waals surface area contributed by atoms with Crippen LogP contribution in [-0.4, -0.2) is 38.5 Å². The molecule has 2 unspecified atom stereocenters. The number of aliphatic imine (C=N–C) groups is 1. The van der Waals surface area contributed by atoms with Gasteiger partial charge < -0.3 is 14.2 Å². The summed E-state index contributed by atoms with van der Waals surface area (Å²) >= 11 is 0. The number of esters is 1. The van der Waals surface area contributed by atoms with E-state index in [9.17, 15) is 4.79 Å². The minimum absolute atomic E-state index is 0.0457. The molecular weight excluding hydrogens is 342 g/mol. The maximum absolute atomic E-state index is 12.8. The number of hydrogen-bond donors (Lipinski definition) is 0. The lowest BCUT2D eigenvalue weighted by molar-refractivity contribution is -0.145. The summed E-state index contributed by atoms with van der Waals surface area (Å²) in [6.45, 7) is 3.46. The van der Waals surface area contributed by atoms with Crippen molar-refractivity contribution >= 4 is 11.7 Å². The van der Waals surface area contributed by atoms with Crippen LogP contribution < -0.4 is 9.47 Å². The highest BCUT2D eigenvalue weighted by atomic mass is 16.5. The van der Waals surface area contributed by atoms with Crippen molar-refractivity contribution in [1.82, 2.24) is 0 Å². The summed E-state index contributed by atoms with van der Waals surface area (Å²) in [5, 5.41) is 0. The molecule has 0 aliphatic carbocycles. The lowest BCUT2D eigenvalue weighted by Crippen LogP contribution is -2.29. The summed E-state index contributed by atoms with van der Waals surface area (Å²) in [6.07, 6.45) is 0.940. The minimum atomic E-state index is -0.419. The molecule has 0 radical (unpaired) electrons. The van der Waals surface area contributed by atoms with Gasteiger partial charge in [-0.1, -0.05) is 12.1 Å². The third-order valence-electron chi connectivity index (χ3n) is 5.23. The fourth-order valence-corrected chi connectivity index (χ4v) is 3.84.